The number of rotatable bonds is 9. The van der Waals surface area contributed by atoms with Crippen LogP contribution in [-0.4, -0.2) is 87.7 Å². The molecule has 0 radical (unpaired) electrons. The van der Waals surface area contributed by atoms with E-state index in [0.717, 1.165) is 24.2 Å². The molecule has 1 aliphatic rings. The van der Waals surface area contributed by atoms with Crippen molar-refractivity contribution in [3.05, 3.63) is 53.6 Å². The molecule has 39 heavy (non-hydrogen) atoms. The first-order valence-corrected chi connectivity index (χ1v) is 13.3. The number of benzene rings is 2. The molecule has 1 heterocycles. The molecule has 216 valence electrons. The van der Waals surface area contributed by atoms with Crippen LogP contribution in [0.5, 0.6) is 11.5 Å². The zero-order chi connectivity index (χ0) is 29.2. The molecule has 0 bridgehead atoms. The van der Waals surface area contributed by atoms with Crippen molar-refractivity contribution in [2.24, 2.45) is 0 Å². The van der Waals surface area contributed by atoms with Crippen LogP contribution < -0.4 is 14.8 Å². The second-order valence-electron chi connectivity index (χ2n) is 8.53. The van der Waals surface area contributed by atoms with Crippen LogP contribution in [0, 0.1) is 6.92 Å². The fraction of sp³-hybridized carbons (Fsp3) is 0.440. The number of aliphatic carboxylic acids is 1. The number of methoxy groups -OCH3 is 2. The predicted octanol–water partition coefficient (Wildman–Crippen LogP) is 2.66. The maximum absolute atomic E-state index is 13.6. The first-order valence-electron chi connectivity index (χ1n) is 11.9. The molecule has 1 amide bonds. The van der Waals surface area contributed by atoms with Crippen LogP contribution in [0.15, 0.2) is 47.4 Å². The summed E-state index contributed by atoms with van der Waals surface area (Å²) in [6, 6.07) is 12.2. The summed E-state index contributed by atoms with van der Waals surface area (Å²) in [5.74, 6) is -2.01. The number of amides is 1. The van der Waals surface area contributed by atoms with Gasteiger partial charge < -0.3 is 24.8 Å². The summed E-state index contributed by atoms with van der Waals surface area (Å²) in [7, 11) is -0.920. The fourth-order valence-electron chi connectivity index (χ4n) is 3.72. The molecule has 0 aromatic heterocycles. The van der Waals surface area contributed by atoms with Gasteiger partial charge in [0.15, 0.2) is 11.5 Å². The van der Waals surface area contributed by atoms with Crippen molar-refractivity contribution in [3.63, 3.8) is 0 Å². The molecule has 2 aromatic rings. The SMILES string of the molecule is COc1ccc(S(=O)(=O)N(CCC(=O)N2CCNCC2)Cc2cccc(C)c2)cc1OC.O=C(O)C(F)(F)F. The zero-order valence-corrected chi connectivity index (χ0v) is 22.6. The van der Waals surface area contributed by atoms with Gasteiger partial charge in [0.05, 0.1) is 19.1 Å². The van der Waals surface area contributed by atoms with Gasteiger partial charge in [0.1, 0.15) is 0 Å². The Hall–Kier alpha value is -3.36. The molecular formula is C25H32F3N3O7S. The Balaban J connectivity index is 0.000000673. The number of aryl methyl sites for hydroxylation is 1. The van der Waals surface area contributed by atoms with E-state index in [1.165, 1.54) is 30.7 Å². The number of nitrogens with one attached hydrogen (secondary N) is 1. The summed E-state index contributed by atoms with van der Waals surface area (Å²) in [5, 5.41) is 10.3. The smallest absolute Gasteiger partial charge is 0.490 e. The second kappa shape index (κ2) is 14.1. The zero-order valence-electron chi connectivity index (χ0n) is 21.8. The number of carboxylic acid groups (broad SMARTS) is 1. The minimum absolute atomic E-state index is 0.0387. The fourth-order valence-corrected chi connectivity index (χ4v) is 5.16. The van der Waals surface area contributed by atoms with E-state index in [2.05, 4.69) is 5.32 Å². The Kier molecular flexibility index (Phi) is 11.6. The molecular weight excluding hydrogens is 543 g/mol. The molecule has 3 rings (SSSR count). The lowest BCUT2D eigenvalue weighted by atomic mass is 10.1. The molecule has 0 unspecified atom stereocenters. The van der Waals surface area contributed by atoms with Gasteiger partial charge in [0.2, 0.25) is 15.9 Å². The summed E-state index contributed by atoms with van der Waals surface area (Å²) in [6.45, 7) is 5.01. The van der Waals surface area contributed by atoms with Crippen molar-refractivity contribution in [1.82, 2.24) is 14.5 Å². The average molecular weight is 576 g/mol. The van der Waals surface area contributed by atoms with E-state index in [0.29, 0.717) is 24.6 Å². The van der Waals surface area contributed by atoms with Crippen molar-refractivity contribution < 1.29 is 45.8 Å². The number of carbonyl (C=O) groups is 2. The number of ether oxygens (including phenoxy) is 2. The summed E-state index contributed by atoms with van der Waals surface area (Å²) in [5.41, 5.74) is 1.91. The van der Waals surface area contributed by atoms with Crippen LogP contribution in [0.3, 0.4) is 0 Å². The summed E-state index contributed by atoms with van der Waals surface area (Å²) >= 11 is 0. The van der Waals surface area contributed by atoms with E-state index in [9.17, 15) is 26.4 Å². The number of halogens is 3. The van der Waals surface area contributed by atoms with Crippen LogP contribution in [0.4, 0.5) is 13.2 Å². The van der Waals surface area contributed by atoms with Crippen LogP contribution in [0.1, 0.15) is 17.5 Å². The van der Waals surface area contributed by atoms with Gasteiger partial charge in [-0.05, 0) is 24.6 Å². The molecule has 10 nitrogen and oxygen atoms in total. The summed E-state index contributed by atoms with van der Waals surface area (Å²) < 4.78 is 70.8. The van der Waals surface area contributed by atoms with E-state index in [-0.39, 0.29) is 30.3 Å². The van der Waals surface area contributed by atoms with Crippen LogP contribution in [0.25, 0.3) is 0 Å². The number of carbonyl (C=O) groups excluding carboxylic acids is 1. The molecule has 0 spiro atoms. The molecule has 14 heteroatoms. The predicted molar refractivity (Wildman–Crippen MR) is 136 cm³/mol. The monoisotopic (exact) mass is 575 g/mol. The molecule has 2 aromatic carbocycles. The van der Waals surface area contributed by atoms with Crippen molar-refractivity contribution >= 4 is 21.9 Å². The molecule has 1 aliphatic heterocycles. The first kappa shape index (κ1) is 31.9. The molecule has 1 saturated heterocycles. The lowest BCUT2D eigenvalue weighted by Crippen LogP contribution is -2.47. The third-order valence-corrected chi connectivity index (χ3v) is 7.56. The number of hydrogen-bond donors (Lipinski definition) is 2. The van der Waals surface area contributed by atoms with Crippen LogP contribution in [0.2, 0.25) is 0 Å². The lowest BCUT2D eigenvalue weighted by Gasteiger charge is -2.29. The van der Waals surface area contributed by atoms with Crippen LogP contribution in [-0.2, 0) is 26.2 Å². The Morgan fingerprint density at radius 3 is 2.21 bits per heavy atom. The highest BCUT2D eigenvalue weighted by Gasteiger charge is 2.38. The second-order valence-corrected chi connectivity index (χ2v) is 10.5. The molecule has 2 N–H and O–H groups in total. The number of alkyl halides is 3. The Bertz CT molecular complexity index is 1230. The molecule has 0 atom stereocenters. The Morgan fingerprint density at radius 1 is 1.05 bits per heavy atom. The van der Waals surface area contributed by atoms with E-state index in [4.69, 9.17) is 19.4 Å². The highest BCUT2D eigenvalue weighted by Crippen LogP contribution is 2.31. The maximum atomic E-state index is 13.6. The van der Waals surface area contributed by atoms with Crippen molar-refractivity contribution in [2.75, 3.05) is 46.9 Å². The lowest BCUT2D eigenvalue weighted by molar-refractivity contribution is -0.192. The van der Waals surface area contributed by atoms with Gasteiger partial charge in [-0.3, -0.25) is 4.79 Å². The van der Waals surface area contributed by atoms with Gasteiger partial charge in [0.25, 0.3) is 0 Å². The third kappa shape index (κ3) is 9.41. The maximum Gasteiger partial charge on any atom is 0.490 e. The number of hydrogen-bond acceptors (Lipinski definition) is 7. The summed E-state index contributed by atoms with van der Waals surface area (Å²) in [6.07, 6.45) is -4.96. The minimum Gasteiger partial charge on any atom is -0.493 e. The van der Waals surface area contributed by atoms with Crippen molar-refractivity contribution in [1.29, 1.82) is 0 Å². The van der Waals surface area contributed by atoms with Gasteiger partial charge >= 0.3 is 12.1 Å². The van der Waals surface area contributed by atoms with E-state index < -0.39 is 22.2 Å². The third-order valence-electron chi connectivity index (χ3n) is 5.72. The number of nitrogens with zero attached hydrogens (tertiary/aromatic N) is 2. The van der Waals surface area contributed by atoms with Crippen LogP contribution >= 0.6 is 0 Å². The Morgan fingerprint density at radius 2 is 1.67 bits per heavy atom. The van der Waals surface area contributed by atoms with Gasteiger partial charge in [-0.2, -0.15) is 17.5 Å². The van der Waals surface area contributed by atoms with Gasteiger partial charge in [0, 0.05) is 51.8 Å². The van der Waals surface area contributed by atoms with Gasteiger partial charge in [-0.1, -0.05) is 29.8 Å². The molecule has 0 saturated carbocycles. The molecule has 0 aliphatic carbocycles. The average Bonchev–Trinajstić information content (AvgIpc) is 2.90. The van der Waals surface area contributed by atoms with Gasteiger partial charge in [-0.15, -0.1) is 0 Å². The number of carboxylic acids is 1. The van der Waals surface area contributed by atoms with Crippen molar-refractivity contribution in [2.45, 2.75) is 31.0 Å². The van der Waals surface area contributed by atoms with Crippen molar-refractivity contribution in [3.8, 4) is 11.5 Å². The van der Waals surface area contributed by atoms with E-state index >= 15 is 0 Å². The highest BCUT2D eigenvalue weighted by atomic mass is 32.2. The topological polar surface area (TPSA) is 125 Å². The Labute approximate surface area is 225 Å². The number of sulfonamides is 1. The van der Waals surface area contributed by atoms with Gasteiger partial charge in [-0.25, -0.2) is 13.2 Å². The largest absolute Gasteiger partial charge is 0.493 e. The normalized spacial score (nSPS) is 13.9. The highest BCUT2D eigenvalue weighted by molar-refractivity contribution is 7.89. The summed E-state index contributed by atoms with van der Waals surface area (Å²) in [4.78, 5) is 23.5. The standard InChI is InChI=1S/C23H31N3O5S.C2HF3O2/c1-18-5-4-6-19(15-18)17-26(12-9-23(27)25-13-10-24-11-14-25)32(28,29)20-7-8-21(30-2)22(16-20)31-3;3-2(4,5)1(6)7/h4-8,15-16,24H,9-14,17H2,1-3H3;(H,6,7). The quantitative estimate of drug-likeness (QED) is 0.468. The minimum atomic E-state index is -5.08. The number of piperazine rings is 1. The molecule has 1 fully saturated rings. The first-order chi connectivity index (χ1) is 18.3. The van der Waals surface area contributed by atoms with E-state index in [1.807, 2.05) is 31.2 Å². The van der Waals surface area contributed by atoms with E-state index in [1.54, 1.807) is 11.0 Å².